The minimum atomic E-state index is -0.197. The zero-order valence-electron chi connectivity index (χ0n) is 11.3. The van der Waals surface area contributed by atoms with E-state index in [1.165, 1.54) is 25.5 Å². The third-order valence-electron chi connectivity index (χ3n) is 4.48. The summed E-state index contributed by atoms with van der Waals surface area (Å²) >= 11 is 5.85. The minimum absolute atomic E-state index is 0.197. The van der Waals surface area contributed by atoms with E-state index >= 15 is 0 Å². The Morgan fingerprint density at radius 3 is 2.95 bits per heavy atom. The molecule has 3 rings (SSSR count). The van der Waals surface area contributed by atoms with Crippen LogP contribution in [0.2, 0.25) is 5.02 Å². The van der Waals surface area contributed by atoms with Crippen molar-refractivity contribution in [2.75, 3.05) is 24.5 Å². The molecule has 2 heterocycles. The van der Waals surface area contributed by atoms with Gasteiger partial charge in [0.1, 0.15) is 5.82 Å². The Hall–Kier alpha value is -0.800. The third-order valence-corrected chi connectivity index (χ3v) is 4.72. The summed E-state index contributed by atoms with van der Waals surface area (Å²) in [6.45, 7) is 5.39. The summed E-state index contributed by atoms with van der Waals surface area (Å²) in [6.07, 6.45) is 3.56. The van der Waals surface area contributed by atoms with Gasteiger partial charge in [0.25, 0.3) is 0 Å². The first kappa shape index (κ1) is 13.2. The highest BCUT2D eigenvalue weighted by molar-refractivity contribution is 6.30. The number of fused-ring (bicyclic) bond motifs is 1. The van der Waals surface area contributed by atoms with E-state index in [4.69, 9.17) is 11.6 Å². The lowest BCUT2D eigenvalue weighted by Gasteiger charge is -2.45. The summed E-state index contributed by atoms with van der Waals surface area (Å²) < 4.78 is 14.1. The van der Waals surface area contributed by atoms with Gasteiger partial charge in [-0.25, -0.2) is 4.39 Å². The van der Waals surface area contributed by atoms with Crippen molar-refractivity contribution in [3.05, 3.63) is 29.0 Å². The number of hydrogen-bond donors (Lipinski definition) is 0. The molecule has 4 heteroatoms. The smallest absolute Gasteiger partial charge is 0.147 e. The lowest BCUT2D eigenvalue weighted by Crippen LogP contribution is -2.56. The number of benzene rings is 1. The zero-order valence-corrected chi connectivity index (χ0v) is 12.0. The summed E-state index contributed by atoms with van der Waals surface area (Å²) in [5.41, 5.74) is 0.711. The first-order chi connectivity index (χ1) is 9.19. The number of rotatable bonds is 2. The van der Waals surface area contributed by atoms with E-state index in [1.54, 1.807) is 6.07 Å². The van der Waals surface area contributed by atoms with Crippen LogP contribution in [0.15, 0.2) is 18.2 Å². The monoisotopic (exact) mass is 282 g/mol. The molecule has 2 aliphatic rings. The lowest BCUT2D eigenvalue weighted by molar-refractivity contribution is 0.194. The van der Waals surface area contributed by atoms with Crippen molar-refractivity contribution in [2.24, 2.45) is 0 Å². The van der Waals surface area contributed by atoms with Gasteiger partial charge in [-0.05, 0) is 44.0 Å². The largest absolute Gasteiger partial charge is 0.363 e. The van der Waals surface area contributed by atoms with Crippen LogP contribution in [0.5, 0.6) is 0 Å². The van der Waals surface area contributed by atoms with E-state index in [-0.39, 0.29) is 5.82 Å². The van der Waals surface area contributed by atoms with Crippen molar-refractivity contribution < 1.29 is 4.39 Å². The molecule has 2 saturated heterocycles. The van der Waals surface area contributed by atoms with Crippen LogP contribution in [-0.4, -0.2) is 36.6 Å². The molecule has 2 atom stereocenters. The first-order valence-electron chi connectivity index (χ1n) is 7.14. The van der Waals surface area contributed by atoms with E-state index in [0.717, 1.165) is 19.5 Å². The van der Waals surface area contributed by atoms with E-state index in [2.05, 4.69) is 16.7 Å². The molecule has 2 nitrogen and oxygen atoms in total. The van der Waals surface area contributed by atoms with Crippen molar-refractivity contribution in [1.29, 1.82) is 0 Å². The van der Waals surface area contributed by atoms with Gasteiger partial charge in [-0.2, -0.15) is 0 Å². The lowest BCUT2D eigenvalue weighted by atomic mass is 10.0. The molecule has 1 aromatic carbocycles. The van der Waals surface area contributed by atoms with Gasteiger partial charge in [-0.1, -0.05) is 18.5 Å². The summed E-state index contributed by atoms with van der Waals surface area (Å²) in [4.78, 5) is 4.82. The third kappa shape index (κ3) is 2.46. The second-order valence-electron chi connectivity index (χ2n) is 5.60. The molecule has 0 radical (unpaired) electrons. The van der Waals surface area contributed by atoms with Crippen LogP contribution in [0, 0.1) is 5.82 Å². The van der Waals surface area contributed by atoms with Gasteiger partial charge in [0, 0.05) is 30.2 Å². The highest BCUT2D eigenvalue weighted by Gasteiger charge is 2.36. The van der Waals surface area contributed by atoms with Gasteiger partial charge < -0.3 is 4.90 Å². The maximum Gasteiger partial charge on any atom is 0.147 e. The Labute approximate surface area is 119 Å². The fraction of sp³-hybridized carbons (Fsp3) is 0.600. The summed E-state index contributed by atoms with van der Waals surface area (Å²) in [6, 6.07) is 6.03. The standard InChI is InChI=1S/C15H20ClFN2/c1-2-12-9-18-7-3-4-13(18)10-19(12)15-6-5-11(16)8-14(15)17/h5-6,8,12-13H,2-4,7,9-10H2,1H3. The zero-order chi connectivity index (χ0) is 13.4. The van der Waals surface area contributed by atoms with Gasteiger partial charge in [0.2, 0.25) is 0 Å². The fourth-order valence-corrected chi connectivity index (χ4v) is 3.61. The SMILES string of the molecule is CCC1CN2CCCC2CN1c1ccc(Cl)cc1F. The Bertz CT molecular complexity index is 465. The Morgan fingerprint density at radius 1 is 1.37 bits per heavy atom. The number of halogens is 2. The topological polar surface area (TPSA) is 6.48 Å². The van der Waals surface area contributed by atoms with E-state index < -0.39 is 0 Å². The van der Waals surface area contributed by atoms with Crippen molar-refractivity contribution in [3.8, 4) is 0 Å². The second kappa shape index (κ2) is 5.29. The van der Waals surface area contributed by atoms with Crippen molar-refractivity contribution >= 4 is 17.3 Å². The van der Waals surface area contributed by atoms with E-state index in [1.807, 2.05) is 6.07 Å². The Balaban J connectivity index is 1.88. The first-order valence-corrected chi connectivity index (χ1v) is 7.52. The number of piperazine rings is 1. The summed E-state index contributed by atoms with van der Waals surface area (Å²) in [7, 11) is 0. The molecule has 0 amide bonds. The maximum atomic E-state index is 14.1. The van der Waals surface area contributed by atoms with Gasteiger partial charge in [-0.15, -0.1) is 0 Å². The van der Waals surface area contributed by atoms with E-state index in [9.17, 15) is 4.39 Å². The Morgan fingerprint density at radius 2 is 2.21 bits per heavy atom. The van der Waals surface area contributed by atoms with Gasteiger partial charge >= 0.3 is 0 Å². The molecular weight excluding hydrogens is 263 g/mol. The van der Waals surface area contributed by atoms with Crippen molar-refractivity contribution in [2.45, 2.75) is 38.3 Å². The predicted molar refractivity (Wildman–Crippen MR) is 77.4 cm³/mol. The van der Waals surface area contributed by atoms with Crippen LogP contribution in [0.3, 0.4) is 0 Å². The second-order valence-corrected chi connectivity index (χ2v) is 6.04. The fourth-order valence-electron chi connectivity index (χ4n) is 3.45. The minimum Gasteiger partial charge on any atom is -0.363 e. The molecule has 0 bridgehead atoms. The van der Waals surface area contributed by atoms with Crippen LogP contribution in [0.4, 0.5) is 10.1 Å². The van der Waals surface area contributed by atoms with Crippen LogP contribution < -0.4 is 4.90 Å². The van der Waals surface area contributed by atoms with Gasteiger partial charge in [0.15, 0.2) is 0 Å². The molecule has 0 aliphatic carbocycles. The molecule has 2 unspecified atom stereocenters. The molecule has 2 fully saturated rings. The van der Waals surface area contributed by atoms with Crippen LogP contribution in [0.1, 0.15) is 26.2 Å². The normalized spacial score (nSPS) is 27.6. The molecule has 0 aromatic heterocycles. The Kier molecular flexibility index (Phi) is 3.68. The molecule has 0 spiro atoms. The van der Waals surface area contributed by atoms with Crippen molar-refractivity contribution in [1.82, 2.24) is 4.90 Å². The number of hydrogen-bond acceptors (Lipinski definition) is 2. The van der Waals surface area contributed by atoms with E-state index in [0.29, 0.717) is 22.8 Å². The van der Waals surface area contributed by atoms with Crippen LogP contribution in [-0.2, 0) is 0 Å². The molecule has 0 saturated carbocycles. The van der Waals surface area contributed by atoms with Gasteiger partial charge in [-0.3, -0.25) is 4.90 Å². The molecule has 2 aliphatic heterocycles. The number of nitrogens with zero attached hydrogens (tertiary/aromatic N) is 2. The molecule has 0 N–H and O–H groups in total. The average molecular weight is 283 g/mol. The van der Waals surface area contributed by atoms with Crippen molar-refractivity contribution in [3.63, 3.8) is 0 Å². The average Bonchev–Trinajstić information content (AvgIpc) is 2.84. The molecular formula is C15H20ClFN2. The van der Waals surface area contributed by atoms with Crippen LogP contribution >= 0.6 is 11.6 Å². The summed E-state index contributed by atoms with van der Waals surface area (Å²) in [5.74, 6) is -0.197. The van der Waals surface area contributed by atoms with Crippen LogP contribution in [0.25, 0.3) is 0 Å². The maximum absolute atomic E-state index is 14.1. The highest BCUT2D eigenvalue weighted by atomic mass is 35.5. The predicted octanol–water partition coefficient (Wildman–Crippen LogP) is 3.54. The molecule has 19 heavy (non-hydrogen) atoms. The summed E-state index contributed by atoms with van der Waals surface area (Å²) in [5, 5.41) is 0.466. The van der Waals surface area contributed by atoms with Gasteiger partial charge in [0.05, 0.1) is 5.69 Å². The number of anilines is 1. The molecule has 104 valence electrons. The quantitative estimate of drug-likeness (QED) is 0.819. The highest BCUT2D eigenvalue weighted by Crippen LogP contribution is 2.32. The molecule has 1 aromatic rings.